The molecule has 0 aromatic heterocycles. The molecule has 1 amide bonds. The van der Waals surface area contributed by atoms with Gasteiger partial charge in [0.1, 0.15) is 17.2 Å². The van der Waals surface area contributed by atoms with E-state index < -0.39 is 34.7 Å². The molecule has 1 heterocycles. The summed E-state index contributed by atoms with van der Waals surface area (Å²) >= 11 is 2.98. The molecule has 144 valence electrons. The van der Waals surface area contributed by atoms with E-state index in [1.807, 2.05) is 0 Å². The van der Waals surface area contributed by atoms with Crippen molar-refractivity contribution in [1.82, 2.24) is 4.90 Å². The van der Waals surface area contributed by atoms with Crippen molar-refractivity contribution in [3.63, 3.8) is 0 Å². The summed E-state index contributed by atoms with van der Waals surface area (Å²) in [5.41, 5.74) is -1.15. The van der Waals surface area contributed by atoms with Crippen molar-refractivity contribution >= 4 is 27.8 Å². The molecule has 1 aromatic carbocycles. The summed E-state index contributed by atoms with van der Waals surface area (Å²) in [6.07, 6.45) is -0.654. The molecular formula is C18H22BrF2NO4. The van der Waals surface area contributed by atoms with E-state index in [4.69, 9.17) is 9.47 Å². The fraction of sp³-hybridized carbons (Fsp3) is 0.556. The van der Waals surface area contributed by atoms with Crippen molar-refractivity contribution in [2.45, 2.75) is 45.3 Å². The summed E-state index contributed by atoms with van der Waals surface area (Å²) in [4.78, 5) is 25.8. The summed E-state index contributed by atoms with van der Waals surface area (Å²) in [6.45, 7) is 6.33. The third kappa shape index (κ3) is 5.74. The van der Waals surface area contributed by atoms with Gasteiger partial charge in [-0.25, -0.2) is 13.6 Å². The Balaban J connectivity index is 1.93. The van der Waals surface area contributed by atoms with Crippen LogP contribution in [0.5, 0.6) is 0 Å². The summed E-state index contributed by atoms with van der Waals surface area (Å²) in [5, 5.41) is 0. The van der Waals surface area contributed by atoms with Crippen molar-refractivity contribution in [2.75, 3.05) is 19.7 Å². The Hall–Kier alpha value is -1.54. The lowest BCUT2D eigenvalue weighted by atomic mass is 10.0. The third-order valence-electron chi connectivity index (χ3n) is 3.77. The van der Waals surface area contributed by atoms with E-state index >= 15 is 0 Å². The van der Waals surface area contributed by atoms with Gasteiger partial charge >= 0.3 is 6.09 Å². The van der Waals surface area contributed by atoms with Crippen LogP contribution in [0.15, 0.2) is 16.6 Å². The minimum atomic E-state index is -0.901. The number of amides is 1. The molecule has 1 atom stereocenters. The van der Waals surface area contributed by atoms with E-state index in [1.165, 1.54) is 4.90 Å². The number of ketones is 1. The van der Waals surface area contributed by atoms with Crippen LogP contribution in [-0.4, -0.2) is 48.2 Å². The number of Topliss-reactive ketones (excluding diaryl/α,β-unsaturated/α-hetero) is 1. The minimum Gasteiger partial charge on any atom is -0.444 e. The van der Waals surface area contributed by atoms with Crippen molar-refractivity contribution < 1.29 is 27.8 Å². The molecule has 1 aromatic rings. The zero-order valence-corrected chi connectivity index (χ0v) is 16.6. The molecule has 0 radical (unpaired) electrons. The van der Waals surface area contributed by atoms with Crippen molar-refractivity contribution in [2.24, 2.45) is 0 Å². The SMILES string of the molecule is CC(C)(C)OC(=O)N1CCOC(CCC(=O)c2c(F)cc(Br)cc2F)C1. The number of halogens is 3. The van der Waals surface area contributed by atoms with Gasteiger partial charge in [-0.15, -0.1) is 0 Å². The maximum Gasteiger partial charge on any atom is 0.410 e. The van der Waals surface area contributed by atoms with Gasteiger partial charge in [0.2, 0.25) is 0 Å². The summed E-state index contributed by atoms with van der Waals surface area (Å²) in [5.74, 6) is -2.44. The monoisotopic (exact) mass is 433 g/mol. The van der Waals surface area contributed by atoms with Gasteiger partial charge in [0, 0.05) is 17.4 Å². The van der Waals surface area contributed by atoms with Gasteiger partial charge in [0.15, 0.2) is 5.78 Å². The first-order chi connectivity index (χ1) is 12.1. The van der Waals surface area contributed by atoms with E-state index in [-0.39, 0.29) is 30.0 Å². The first kappa shape index (κ1) is 20.8. The summed E-state index contributed by atoms with van der Waals surface area (Å²) in [6, 6.07) is 2.11. The second-order valence-corrected chi connectivity index (χ2v) is 8.04. The van der Waals surface area contributed by atoms with Crippen LogP contribution in [-0.2, 0) is 9.47 Å². The first-order valence-electron chi connectivity index (χ1n) is 8.34. The van der Waals surface area contributed by atoms with Gasteiger partial charge in [-0.3, -0.25) is 4.79 Å². The van der Waals surface area contributed by atoms with Crippen LogP contribution >= 0.6 is 15.9 Å². The highest BCUT2D eigenvalue weighted by atomic mass is 79.9. The summed E-state index contributed by atoms with van der Waals surface area (Å²) in [7, 11) is 0. The molecule has 1 unspecified atom stereocenters. The zero-order chi connectivity index (χ0) is 19.5. The predicted molar refractivity (Wildman–Crippen MR) is 95.2 cm³/mol. The van der Waals surface area contributed by atoms with E-state index in [1.54, 1.807) is 20.8 Å². The number of morpholine rings is 1. The highest BCUT2D eigenvalue weighted by Crippen LogP contribution is 2.22. The maximum atomic E-state index is 13.9. The molecule has 0 N–H and O–H groups in total. The molecule has 0 bridgehead atoms. The fourth-order valence-electron chi connectivity index (χ4n) is 2.61. The lowest BCUT2D eigenvalue weighted by Gasteiger charge is -2.34. The van der Waals surface area contributed by atoms with Crippen LogP contribution in [0, 0.1) is 11.6 Å². The van der Waals surface area contributed by atoms with Crippen LogP contribution in [0.1, 0.15) is 44.0 Å². The molecule has 8 heteroatoms. The Labute approximate surface area is 159 Å². The Bertz CT molecular complexity index is 667. The average molecular weight is 434 g/mol. The lowest BCUT2D eigenvalue weighted by molar-refractivity contribution is -0.0443. The Morgan fingerprint density at radius 1 is 1.31 bits per heavy atom. The second-order valence-electron chi connectivity index (χ2n) is 7.13. The molecule has 1 aliphatic rings. The van der Waals surface area contributed by atoms with Gasteiger partial charge in [-0.2, -0.15) is 0 Å². The molecule has 0 aliphatic carbocycles. The van der Waals surface area contributed by atoms with Crippen molar-refractivity contribution in [1.29, 1.82) is 0 Å². The van der Waals surface area contributed by atoms with Gasteiger partial charge in [0.25, 0.3) is 0 Å². The predicted octanol–water partition coefficient (Wildman–Crippen LogP) is 4.33. The third-order valence-corrected chi connectivity index (χ3v) is 4.23. The average Bonchev–Trinajstić information content (AvgIpc) is 2.50. The molecule has 26 heavy (non-hydrogen) atoms. The lowest BCUT2D eigenvalue weighted by Crippen LogP contribution is -2.47. The molecule has 0 spiro atoms. The normalized spacial score (nSPS) is 17.9. The number of ether oxygens (including phenoxy) is 2. The van der Waals surface area contributed by atoms with Gasteiger partial charge in [0.05, 0.1) is 24.8 Å². The molecule has 1 aliphatic heterocycles. The number of benzene rings is 1. The Morgan fingerprint density at radius 3 is 2.50 bits per heavy atom. The second kappa shape index (κ2) is 8.43. The molecule has 0 saturated carbocycles. The van der Waals surface area contributed by atoms with E-state index in [9.17, 15) is 18.4 Å². The number of hydrogen-bond acceptors (Lipinski definition) is 4. The van der Waals surface area contributed by atoms with Crippen LogP contribution in [0.2, 0.25) is 0 Å². The molecule has 1 fully saturated rings. The molecule has 1 saturated heterocycles. The van der Waals surface area contributed by atoms with Crippen LogP contribution in [0.4, 0.5) is 13.6 Å². The quantitative estimate of drug-likeness (QED) is 0.663. The molecular weight excluding hydrogens is 412 g/mol. The van der Waals surface area contributed by atoms with Crippen LogP contribution in [0.25, 0.3) is 0 Å². The van der Waals surface area contributed by atoms with Gasteiger partial charge in [-0.05, 0) is 39.3 Å². The molecule has 2 rings (SSSR count). The number of hydrogen-bond donors (Lipinski definition) is 0. The Morgan fingerprint density at radius 2 is 1.92 bits per heavy atom. The standard InChI is InChI=1S/C18H22BrF2NO4/c1-18(2,3)26-17(24)22-6-7-25-12(10-22)4-5-15(23)16-13(20)8-11(19)9-14(16)21/h8-9,12H,4-7,10H2,1-3H3. The largest absolute Gasteiger partial charge is 0.444 e. The van der Waals surface area contributed by atoms with Crippen LogP contribution in [0.3, 0.4) is 0 Å². The smallest absolute Gasteiger partial charge is 0.410 e. The number of rotatable bonds is 4. The van der Waals surface area contributed by atoms with E-state index in [0.717, 1.165) is 12.1 Å². The van der Waals surface area contributed by atoms with Gasteiger partial charge in [-0.1, -0.05) is 15.9 Å². The first-order valence-corrected chi connectivity index (χ1v) is 9.13. The topological polar surface area (TPSA) is 55.8 Å². The minimum absolute atomic E-state index is 0.0811. The number of nitrogens with zero attached hydrogens (tertiary/aromatic N) is 1. The van der Waals surface area contributed by atoms with Gasteiger partial charge < -0.3 is 14.4 Å². The number of carbonyl (C=O) groups is 2. The van der Waals surface area contributed by atoms with Crippen LogP contribution < -0.4 is 0 Å². The van der Waals surface area contributed by atoms with E-state index in [0.29, 0.717) is 13.2 Å². The maximum absolute atomic E-state index is 13.9. The van der Waals surface area contributed by atoms with E-state index in [2.05, 4.69) is 15.9 Å². The summed E-state index contributed by atoms with van der Waals surface area (Å²) < 4.78 is 38.8. The highest BCUT2D eigenvalue weighted by molar-refractivity contribution is 9.10. The number of carbonyl (C=O) groups excluding carboxylic acids is 2. The van der Waals surface area contributed by atoms with Crippen molar-refractivity contribution in [3.8, 4) is 0 Å². The Kier molecular flexibility index (Phi) is 6.74. The van der Waals surface area contributed by atoms with Crippen molar-refractivity contribution in [3.05, 3.63) is 33.8 Å². The zero-order valence-electron chi connectivity index (χ0n) is 15.0. The fourth-order valence-corrected chi connectivity index (χ4v) is 3.01. The highest BCUT2D eigenvalue weighted by Gasteiger charge is 2.29. The molecule has 5 nitrogen and oxygen atoms in total.